The van der Waals surface area contributed by atoms with Crippen LogP contribution in [0.3, 0.4) is 0 Å². The maximum absolute atomic E-state index is 12.3. The van der Waals surface area contributed by atoms with Crippen molar-refractivity contribution in [3.8, 4) is 0 Å². The van der Waals surface area contributed by atoms with Gasteiger partial charge in [-0.25, -0.2) is 4.79 Å². The van der Waals surface area contributed by atoms with Crippen molar-refractivity contribution in [1.82, 2.24) is 4.90 Å². The minimum absolute atomic E-state index is 0.0386. The van der Waals surface area contributed by atoms with E-state index in [1.165, 1.54) is 4.90 Å². The Morgan fingerprint density at radius 1 is 1.55 bits per heavy atom. The summed E-state index contributed by atoms with van der Waals surface area (Å²) in [7, 11) is 0. The van der Waals surface area contributed by atoms with Gasteiger partial charge in [0.1, 0.15) is 0 Å². The highest BCUT2D eigenvalue weighted by molar-refractivity contribution is 7.99. The molecule has 1 aliphatic rings. The van der Waals surface area contributed by atoms with Gasteiger partial charge in [0, 0.05) is 22.4 Å². The molecule has 1 aromatic rings. The summed E-state index contributed by atoms with van der Waals surface area (Å²) in [6.07, 6.45) is 2.98. The van der Waals surface area contributed by atoms with Gasteiger partial charge in [0.15, 0.2) is 0 Å². The van der Waals surface area contributed by atoms with Gasteiger partial charge in [-0.1, -0.05) is 13.8 Å². The number of thioether (sulfide) groups is 1. The van der Waals surface area contributed by atoms with Crippen LogP contribution in [0.25, 0.3) is 0 Å². The molecule has 2 rings (SSSR count). The SMILES string of the molecule is CCC(C)Sc1ccc(NC(=O)N2CCC[C@H]2CO)c(C)c1. The van der Waals surface area contributed by atoms with Crippen LogP contribution in [0, 0.1) is 6.92 Å². The van der Waals surface area contributed by atoms with Gasteiger partial charge in [-0.15, -0.1) is 11.8 Å². The van der Waals surface area contributed by atoms with Gasteiger partial charge >= 0.3 is 6.03 Å². The van der Waals surface area contributed by atoms with Crippen LogP contribution in [0.4, 0.5) is 10.5 Å². The number of nitrogens with zero attached hydrogens (tertiary/aromatic N) is 1. The number of amides is 2. The molecule has 4 nitrogen and oxygen atoms in total. The molecule has 2 atom stereocenters. The third-order valence-corrected chi connectivity index (χ3v) is 5.46. The normalized spacial score (nSPS) is 19.3. The summed E-state index contributed by atoms with van der Waals surface area (Å²) in [5.74, 6) is 0. The highest BCUT2D eigenvalue weighted by Crippen LogP contribution is 2.29. The van der Waals surface area contributed by atoms with Crippen LogP contribution in [0.15, 0.2) is 23.1 Å². The number of anilines is 1. The minimum Gasteiger partial charge on any atom is -0.394 e. The molecule has 0 bridgehead atoms. The molecule has 2 N–H and O–H groups in total. The molecule has 1 fully saturated rings. The Bertz CT molecular complexity index is 521. The predicted octanol–water partition coefficient (Wildman–Crippen LogP) is 3.87. The molecule has 1 unspecified atom stereocenters. The van der Waals surface area contributed by atoms with Gasteiger partial charge in [0.05, 0.1) is 12.6 Å². The molecule has 1 saturated heterocycles. The quantitative estimate of drug-likeness (QED) is 0.809. The topological polar surface area (TPSA) is 52.6 Å². The van der Waals surface area contributed by atoms with Crippen LogP contribution in [0.2, 0.25) is 0 Å². The molecule has 122 valence electrons. The monoisotopic (exact) mass is 322 g/mol. The van der Waals surface area contributed by atoms with E-state index >= 15 is 0 Å². The molecular weight excluding hydrogens is 296 g/mol. The molecule has 0 saturated carbocycles. The second-order valence-electron chi connectivity index (χ2n) is 5.92. The Morgan fingerprint density at radius 3 is 2.95 bits per heavy atom. The van der Waals surface area contributed by atoms with Crippen molar-refractivity contribution in [2.75, 3.05) is 18.5 Å². The Hall–Kier alpha value is -1.20. The van der Waals surface area contributed by atoms with Crippen molar-refractivity contribution in [2.24, 2.45) is 0 Å². The fourth-order valence-electron chi connectivity index (χ4n) is 2.65. The summed E-state index contributed by atoms with van der Waals surface area (Å²) in [6, 6.07) is 6.01. The third-order valence-electron chi connectivity index (χ3n) is 4.20. The number of benzene rings is 1. The average Bonchev–Trinajstić information content (AvgIpc) is 2.98. The number of likely N-dealkylation sites (tertiary alicyclic amines) is 1. The van der Waals surface area contributed by atoms with Crippen LogP contribution in [0.5, 0.6) is 0 Å². The summed E-state index contributed by atoms with van der Waals surface area (Å²) >= 11 is 1.86. The zero-order chi connectivity index (χ0) is 16.1. The Labute approximate surface area is 137 Å². The van der Waals surface area contributed by atoms with E-state index in [0.717, 1.165) is 37.1 Å². The van der Waals surface area contributed by atoms with Gasteiger partial charge in [0.25, 0.3) is 0 Å². The second-order valence-corrected chi connectivity index (χ2v) is 7.43. The van der Waals surface area contributed by atoms with Gasteiger partial charge in [0.2, 0.25) is 0 Å². The van der Waals surface area contributed by atoms with Crippen LogP contribution in [0.1, 0.15) is 38.7 Å². The van der Waals surface area contributed by atoms with E-state index < -0.39 is 0 Å². The number of hydrogen-bond acceptors (Lipinski definition) is 3. The standard InChI is InChI=1S/C17H26N2O2S/c1-4-13(3)22-15-7-8-16(12(2)10-15)18-17(21)19-9-5-6-14(19)11-20/h7-8,10,13-14,20H,4-6,9,11H2,1-3H3,(H,18,21)/t13?,14-/m0/s1. The maximum Gasteiger partial charge on any atom is 0.322 e. The maximum atomic E-state index is 12.3. The fourth-order valence-corrected chi connectivity index (χ4v) is 3.67. The first-order chi connectivity index (χ1) is 10.5. The fraction of sp³-hybridized carbons (Fsp3) is 0.588. The number of rotatable bonds is 5. The lowest BCUT2D eigenvalue weighted by Crippen LogP contribution is -2.40. The number of nitrogens with one attached hydrogen (secondary N) is 1. The van der Waals surface area contributed by atoms with Crippen molar-refractivity contribution in [1.29, 1.82) is 0 Å². The summed E-state index contributed by atoms with van der Waals surface area (Å²) in [4.78, 5) is 15.3. The van der Waals surface area contributed by atoms with E-state index in [9.17, 15) is 9.90 Å². The zero-order valence-corrected chi connectivity index (χ0v) is 14.4. The van der Waals surface area contributed by atoms with Crippen molar-refractivity contribution in [2.45, 2.75) is 56.2 Å². The first-order valence-corrected chi connectivity index (χ1v) is 8.89. The molecule has 0 radical (unpaired) electrons. The van der Waals surface area contributed by atoms with Gasteiger partial charge < -0.3 is 15.3 Å². The Morgan fingerprint density at radius 2 is 2.32 bits per heavy atom. The molecule has 1 aromatic carbocycles. The van der Waals surface area contributed by atoms with E-state index in [1.54, 1.807) is 4.90 Å². The highest BCUT2D eigenvalue weighted by atomic mass is 32.2. The number of aliphatic hydroxyl groups excluding tert-OH is 1. The van der Waals surface area contributed by atoms with Crippen molar-refractivity contribution in [3.63, 3.8) is 0 Å². The molecule has 1 aliphatic heterocycles. The minimum atomic E-state index is -0.109. The predicted molar refractivity (Wildman–Crippen MR) is 92.6 cm³/mol. The summed E-state index contributed by atoms with van der Waals surface area (Å²) in [6.45, 7) is 7.18. The van der Waals surface area contributed by atoms with E-state index in [0.29, 0.717) is 5.25 Å². The van der Waals surface area contributed by atoms with E-state index in [1.807, 2.05) is 24.8 Å². The summed E-state index contributed by atoms with van der Waals surface area (Å²) in [5, 5.41) is 12.9. The number of urea groups is 1. The Balaban J connectivity index is 2.02. The molecule has 0 aromatic heterocycles. The van der Waals surface area contributed by atoms with Gasteiger partial charge in [-0.05, 0) is 49.9 Å². The Kier molecular flexibility index (Phi) is 6.15. The lowest BCUT2D eigenvalue weighted by atomic mass is 10.2. The van der Waals surface area contributed by atoms with Gasteiger partial charge in [-0.3, -0.25) is 0 Å². The number of aliphatic hydroxyl groups is 1. The largest absolute Gasteiger partial charge is 0.394 e. The molecule has 0 aliphatic carbocycles. The zero-order valence-electron chi connectivity index (χ0n) is 13.6. The molecule has 2 amide bonds. The first-order valence-electron chi connectivity index (χ1n) is 8.01. The van der Waals surface area contributed by atoms with E-state index in [-0.39, 0.29) is 18.7 Å². The number of hydrogen-bond donors (Lipinski definition) is 2. The summed E-state index contributed by atoms with van der Waals surface area (Å²) < 4.78 is 0. The smallest absolute Gasteiger partial charge is 0.322 e. The van der Waals surface area contributed by atoms with E-state index in [2.05, 4.69) is 31.3 Å². The van der Waals surface area contributed by atoms with Gasteiger partial charge in [-0.2, -0.15) is 0 Å². The lowest BCUT2D eigenvalue weighted by Gasteiger charge is -2.24. The highest BCUT2D eigenvalue weighted by Gasteiger charge is 2.28. The first kappa shape index (κ1) is 17.2. The molecule has 1 heterocycles. The van der Waals surface area contributed by atoms with Crippen molar-refractivity contribution in [3.05, 3.63) is 23.8 Å². The number of aryl methyl sites for hydroxylation is 1. The van der Waals surface area contributed by atoms with Crippen molar-refractivity contribution >= 4 is 23.5 Å². The average molecular weight is 322 g/mol. The van der Waals surface area contributed by atoms with E-state index in [4.69, 9.17) is 0 Å². The molecular formula is C17H26N2O2S. The summed E-state index contributed by atoms with van der Waals surface area (Å²) in [5.41, 5.74) is 1.92. The number of carbonyl (C=O) groups is 1. The third kappa shape index (κ3) is 4.17. The number of carbonyl (C=O) groups excluding carboxylic acids is 1. The van der Waals surface area contributed by atoms with Crippen LogP contribution < -0.4 is 5.32 Å². The van der Waals surface area contributed by atoms with Crippen LogP contribution in [-0.4, -0.2) is 40.5 Å². The molecule has 0 spiro atoms. The lowest BCUT2D eigenvalue weighted by molar-refractivity contribution is 0.166. The van der Waals surface area contributed by atoms with Crippen LogP contribution in [-0.2, 0) is 0 Å². The van der Waals surface area contributed by atoms with Crippen molar-refractivity contribution < 1.29 is 9.90 Å². The second kappa shape index (κ2) is 7.88. The molecule has 5 heteroatoms. The van der Waals surface area contributed by atoms with Crippen LogP contribution >= 0.6 is 11.8 Å². The molecule has 22 heavy (non-hydrogen) atoms.